The molecule has 0 heterocycles. The van der Waals surface area contributed by atoms with E-state index >= 15 is 0 Å². The van der Waals surface area contributed by atoms with Crippen LogP contribution in [0.25, 0.3) is 0 Å². The normalized spacial score (nSPS) is 9.80. The van der Waals surface area contributed by atoms with Crippen LogP contribution in [0.4, 0.5) is 0 Å². The Morgan fingerprint density at radius 3 is 2.30 bits per heavy atom. The molecule has 1 nitrogen and oxygen atoms in total. The van der Waals surface area contributed by atoms with Crippen molar-refractivity contribution < 1.29 is 5.11 Å². The number of allylic oxidation sites excluding steroid dienone is 1. The molecule has 10 heavy (non-hydrogen) atoms. The molecule has 0 atom stereocenters. The molecule has 0 bridgehead atoms. The third-order valence-corrected chi connectivity index (χ3v) is 1.55. The van der Waals surface area contributed by atoms with Crippen molar-refractivity contribution in [1.29, 1.82) is 0 Å². The predicted octanol–water partition coefficient (Wildman–Crippen LogP) is 2.68. The lowest BCUT2D eigenvalue weighted by Crippen LogP contribution is -1.83. The summed E-state index contributed by atoms with van der Waals surface area (Å²) in [4.78, 5) is 0. The molecule has 0 aromatic heterocycles. The van der Waals surface area contributed by atoms with Crippen LogP contribution in [0.15, 0.2) is 11.6 Å². The van der Waals surface area contributed by atoms with Crippen LogP contribution in [-0.4, -0.2) is 11.7 Å². The average molecular weight is 163 g/mol. The van der Waals surface area contributed by atoms with Gasteiger partial charge in [-0.15, -0.1) is 0 Å². The maximum atomic E-state index is 8.43. The van der Waals surface area contributed by atoms with Gasteiger partial charge in [-0.3, -0.25) is 0 Å². The van der Waals surface area contributed by atoms with Crippen molar-refractivity contribution in [3.05, 3.63) is 11.6 Å². The Morgan fingerprint density at radius 2 is 1.80 bits per heavy atom. The standard InChI is InChI=1S/C8H15ClO/c1-8(9)6-4-2-3-5-7-10/h10H,1-7H2. The smallest absolute Gasteiger partial charge is 0.0431 e. The van der Waals surface area contributed by atoms with Crippen LogP contribution >= 0.6 is 11.6 Å². The number of hydrogen-bond acceptors (Lipinski definition) is 1. The van der Waals surface area contributed by atoms with Crippen molar-refractivity contribution in [2.45, 2.75) is 32.1 Å². The van der Waals surface area contributed by atoms with E-state index < -0.39 is 0 Å². The largest absolute Gasteiger partial charge is 0.396 e. The molecule has 0 aromatic carbocycles. The minimum Gasteiger partial charge on any atom is -0.396 e. The number of rotatable bonds is 6. The van der Waals surface area contributed by atoms with Gasteiger partial charge in [0.2, 0.25) is 0 Å². The summed E-state index contributed by atoms with van der Waals surface area (Å²) in [5.74, 6) is 0. The molecule has 0 rings (SSSR count). The molecule has 60 valence electrons. The number of hydrogen-bond donors (Lipinski definition) is 1. The van der Waals surface area contributed by atoms with E-state index in [0.29, 0.717) is 6.61 Å². The molecule has 0 fully saturated rings. The molecule has 0 unspecified atom stereocenters. The highest BCUT2D eigenvalue weighted by Gasteiger charge is 1.90. The topological polar surface area (TPSA) is 20.2 Å². The Hall–Kier alpha value is -0.0100. The fourth-order valence-corrected chi connectivity index (χ4v) is 0.916. The summed E-state index contributed by atoms with van der Waals surface area (Å²) in [6, 6.07) is 0. The molecule has 0 aliphatic carbocycles. The Kier molecular flexibility index (Phi) is 7.09. The van der Waals surface area contributed by atoms with Gasteiger partial charge < -0.3 is 5.11 Å². The van der Waals surface area contributed by atoms with Crippen LogP contribution in [0, 0.1) is 0 Å². The molecular weight excluding hydrogens is 148 g/mol. The lowest BCUT2D eigenvalue weighted by Gasteiger charge is -1.96. The first kappa shape index (κ1) is 9.99. The fourth-order valence-electron chi connectivity index (χ4n) is 0.782. The second kappa shape index (κ2) is 7.10. The van der Waals surface area contributed by atoms with Gasteiger partial charge in [0.1, 0.15) is 0 Å². The summed E-state index contributed by atoms with van der Waals surface area (Å²) >= 11 is 5.55. The quantitative estimate of drug-likeness (QED) is 0.596. The van der Waals surface area contributed by atoms with Gasteiger partial charge in [-0.2, -0.15) is 0 Å². The minimum atomic E-state index is 0.307. The Balaban J connectivity index is 2.84. The highest BCUT2D eigenvalue weighted by Crippen LogP contribution is 2.10. The molecular formula is C8H15ClO. The van der Waals surface area contributed by atoms with Gasteiger partial charge in [0.05, 0.1) is 0 Å². The van der Waals surface area contributed by atoms with Gasteiger partial charge in [-0.1, -0.05) is 31.0 Å². The highest BCUT2D eigenvalue weighted by molar-refractivity contribution is 6.29. The van der Waals surface area contributed by atoms with Crippen LogP contribution in [0.2, 0.25) is 0 Å². The second-order valence-electron chi connectivity index (χ2n) is 2.41. The SMILES string of the molecule is C=C(Cl)CCCCCCO. The minimum absolute atomic E-state index is 0.307. The molecule has 1 N–H and O–H groups in total. The Morgan fingerprint density at radius 1 is 1.20 bits per heavy atom. The lowest BCUT2D eigenvalue weighted by molar-refractivity contribution is 0.282. The predicted molar refractivity (Wildman–Crippen MR) is 45.2 cm³/mol. The van der Waals surface area contributed by atoms with Crippen LogP contribution in [0.5, 0.6) is 0 Å². The zero-order valence-corrected chi connectivity index (χ0v) is 7.03. The van der Waals surface area contributed by atoms with Gasteiger partial charge in [0.15, 0.2) is 0 Å². The van der Waals surface area contributed by atoms with Crippen molar-refractivity contribution in [3.8, 4) is 0 Å². The molecule has 0 spiro atoms. The van der Waals surface area contributed by atoms with Crippen molar-refractivity contribution in [1.82, 2.24) is 0 Å². The maximum absolute atomic E-state index is 8.43. The molecule has 0 radical (unpaired) electrons. The van der Waals surface area contributed by atoms with Crippen molar-refractivity contribution in [2.24, 2.45) is 0 Å². The zero-order valence-electron chi connectivity index (χ0n) is 6.27. The number of unbranched alkanes of at least 4 members (excludes halogenated alkanes) is 3. The van der Waals surface area contributed by atoms with Crippen LogP contribution in [0.3, 0.4) is 0 Å². The van der Waals surface area contributed by atoms with E-state index in [1.54, 1.807) is 0 Å². The Bertz CT molecular complexity index is 91.3. The number of aliphatic hydroxyl groups excluding tert-OH is 1. The molecule has 0 amide bonds. The van der Waals surface area contributed by atoms with E-state index in [1.807, 2.05) is 0 Å². The first-order valence-electron chi connectivity index (χ1n) is 3.71. The van der Waals surface area contributed by atoms with Gasteiger partial charge in [0.25, 0.3) is 0 Å². The molecule has 2 heteroatoms. The van der Waals surface area contributed by atoms with Gasteiger partial charge in [-0.05, 0) is 19.3 Å². The summed E-state index contributed by atoms with van der Waals surface area (Å²) in [7, 11) is 0. The van der Waals surface area contributed by atoms with E-state index in [-0.39, 0.29) is 0 Å². The molecule has 0 aliphatic heterocycles. The maximum Gasteiger partial charge on any atom is 0.0431 e. The van der Waals surface area contributed by atoms with Crippen molar-refractivity contribution >= 4 is 11.6 Å². The number of aliphatic hydroxyl groups is 1. The molecule has 0 saturated heterocycles. The van der Waals surface area contributed by atoms with E-state index in [1.165, 1.54) is 0 Å². The third-order valence-electron chi connectivity index (χ3n) is 1.36. The fraction of sp³-hybridized carbons (Fsp3) is 0.750. The first-order chi connectivity index (χ1) is 4.77. The highest BCUT2D eigenvalue weighted by atomic mass is 35.5. The summed E-state index contributed by atoms with van der Waals surface area (Å²) in [5.41, 5.74) is 0. The average Bonchev–Trinajstić information content (AvgIpc) is 1.87. The van der Waals surface area contributed by atoms with Crippen LogP contribution < -0.4 is 0 Å². The third kappa shape index (κ3) is 7.99. The summed E-state index contributed by atoms with van der Waals surface area (Å²) in [6.07, 6.45) is 5.16. The van der Waals surface area contributed by atoms with E-state index in [2.05, 4.69) is 6.58 Å². The van der Waals surface area contributed by atoms with E-state index in [0.717, 1.165) is 37.1 Å². The first-order valence-corrected chi connectivity index (χ1v) is 4.09. The number of halogens is 1. The second-order valence-corrected chi connectivity index (χ2v) is 2.94. The molecule has 0 aliphatic rings. The summed E-state index contributed by atoms with van der Waals surface area (Å²) in [6.45, 7) is 3.90. The van der Waals surface area contributed by atoms with Gasteiger partial charge in [-0.25, -0.2) is 0 Å². The zero-order chi connectivity index (χ0) is 7.82. The van der Waals surface area contributed by atoms with Gasteiger partial charge >= 0.3 is 0 Å². The summed E-state index contributed by atoms with van der Waals surface area (Å²) in [5, 5.41) is 9.17. The summed E-state index contributed by atoms with van der Waals surface area (Å²) < 4.78 is 0. The van der Waals surface area contributed by atoms with Crippen LogP contribution in [-0.2, 0) is 0 Å². The monoisotopic (exact) mass is 162 g/mol. The van der Waals surface area contributed by atoms with E-state index in [4.69, 9.17) is 16.7 Å². The van der Waals surface area contributed by atoms with Crippen molar-refractivity contribution in [3.63, 3.8) is 0 Å². The van der Waals surface area contributed by atoms with Crippen molar-refractivity contribution in [2.75, 3.05) is 6.61 Å². The van der Waals surface area contributed by atoms with E-state index in [9.17, 15) is 0 Å². The van der Waals surface area contributed by atoms with Crippen LogP contribution in [0.1, 0.15) is 32.1 Å². The molecule has 0 aromatic rings. The van der Waals surface area contributed by atoms with Gasteiger partial charge in [0, 0.05) is 11.6 Å². The molecule has 0 saturated carbocycles. The lowest BCUT2D eigenvalue weighted by atomic mass is 10.1. The Labute approximate surface area is 67.7 Å².